The SMILES string of the molecule is CC(C)(C)c1cc(-c2ccccc2)c(N2c3cc(-c4ccc5c(-c6ccccc6)c6ccccc6c(-c6ccccc6)c5c4)ccc3B3c4ccc(-n5c6ccc(C(C)(C)C)cc6c6cc(C(C)(C)C)ccc65)cc4Oc4cc(C(C)(C)C)cc2c43)c(-c2ccccc2)c1. The van der Waals surface area contributed by atoms with Gasteiger partial charge in [-0.25, -0.2) is 0 Å². The van der Waals surface area contributed by atoms with Gasteiger partial charge < -0.3 is 14.2 Å². The van der Waals surface area contributed by atoms with Gasteiger partial charge in [-0.2, -0.15) is 0 Å². The maximum absolute atomic E-state index is 7.66. The average Bonchev–Trinajstić information content (AvgIpc) is 0.759. The van der Waals surface area contributed by atoms with E-state index in [2.05, 4.69) is 353 Å². The molecule has 0 radical (unpaired) electrons. The molecule has 0 N–H and O–H groups in total. The van der Waals surface area contributed by atoms with E-state index in [0.29, 0.717) is 0 Å². The van der Waals surface area contributed by atoms with Crippen molar-refractivity contribution >= 4 is 83.5 Å². The van der Waals surface area contributed by atoms with E-state index >= 15 is 0 Å². The van der Waals surface area contributed by atoms with Gasteiger partial charge in [-0.05, 0) is 193 Å². The highest BCUT2D eigenvalue weighted by Gasteiger charge is 2.44. The van der Waals surface area contributed by atoms with Crippen molar-refractivity contribution in [3.05, 3.63) is 283 Å². The van der Waals surface area contributed by atoms with E-state index in [0.717, 1.165) is 62.0 Å². The fourth-order valence-electron chi connectivity index (χ4n) is 15.1. The molecule has 2 aliphatic heterocycles. The Kier molecular flexibility index (Phi) is 13.6. The average molecular weight is 1220 g/mol. The molecule has 14 aromatic rings. The van der Waals surface area contributed by atoms with Crippen LogP contribution in [-0.4, -0.2) is 11.3 Å². The molecule has 94 heavy (non-hydrogen) atoms. The van der Waals surface area contributed by atoms with Crippen molar-refractivity contribution < 1.29 is 4.74 Å². The summed E-state index contributed by atoms with van der Waals surface area (Å²) in [5, 5.41) is 7.46. The maximum atomic E-state index is 7.66. The summed E-state index contributed by atoms with van der Waals surface area (Å²) in [4.78, 5) is 2.65. The van der Waals surface area contributed by atoms with Crippen LogP contribution < -0.4 is 26.0 Å². The molecular formula is C90H79BN2O. The molecule has 0 bridgehead atoms. The molecule has 16 rings (SSSR count). The smallest absolute Gasteiger partial charge is 0.256 e. The first-order valence-electron chi connectivity index (χ1n) is 33.6. The number of fused-ring (bicyclic) bond motifs is 9. The zero-order valence-corrected chi connectivity index (χ0v) is 56.2. The third-order valence-corrected chi connectivity index (χ3v) is 20.2. The maximum Gasteiger partial charge on any atom is 0.256 e. The summed E-state index contributed by atoms with van der Waals surface area (Å²) in [6.07, 6.45) is 0. The van der Waals surface area contributed by atoms with Gasteiger partial charge in [0.15, 0.2) is 0 Å². The standard InChI is InChI=1S/C90H79BN2O/c1-87(2,3)62-39-45-77-72(49-62)73-50-63(88(4,5)6)40-46-78(73)92(77)66-41-44-76-81(55-66)94-82-54-65(90(10,11)12)53-80-85(82)91(76)75-43-38-61(48-79(75)93(80)86-70(56-27-17-13-18-28-56)51-64(89(7,8)9)52-71(86)57-29-19-14-20-30-57)60-37-42-69-74(47-60)84(59-33-23-16-24-34-59)68-36-26-25-35-67(68)83(69)58-31-21-15-22-32-58/h13-55H,1-12H3. The number of anilines is 3. The molecule has 0 fully saturated rings. The molecule has 3 heterocycles. The molecule has 3 nitrogen and oxygen atoms in total. The molecule has 0 aliphatic carbocycles. The molecule has 13 aromatic carbocycles. The molecule has 0 unspecified atom stereocenters. The quantitative estimate of drug-likeness (QED) is 0.117. The number of hydrogen-bond donors (Lipinski definition) is 0. The summed E-state index contributed by atoms with van der Waals surface area (Å²) in [5.41, 5.74) is 26.9. The minimum Gasteiger partial charge on any atom is -0.458 e. The van der Waals surface area contributed by atoms with Crippen molar-refractivity contribution in [3.63, 3.8) is 0 Å². The van der Waals surface area contributed by atoms with Crippen LogP contribution in [0.25, 0.3) is 105 Å². The lowest BCUT2D eigenvalue weighted by Gasteiger charge is -2.43. The summed E-state index contributed by atoms with van der Waals surface area (Å²) in [6, 6.07) is 98.8. The van der Waals surface area contributed by atoms with E-state index in [1.54, 1.807) is 0 Å². The number of benzene rings is 13. The Bertz CT molecular complexity index is 5230. The highest BCUT2D eigenvalue weighted by atomic mass is 16.5. The first-order chi connectivity index (χ1) is 45.2. The van der Waals surface area contributed by atoms with Crippen molar-refractivity contribution in [1.82, 2.24) is 4.57 Å². The first-order valence-corrected chi connectivity index (χ1v) is 33.6. The molecule has 1 aromatic heterocycles. The van der Waals surface area contributed by atoms with Crippen LogP contribution in [0.3, 0.4) is 0 Å². The summed E-state index contributed by atoms with van der Waals surface area (Å²) >= 11 is 0. The Hall–Kier alpha value is -10.2. The van der Waals surface area contributed by atoms with Crippen LogP contribution in [0.4, 0.5) is 17.1 Å². The summed E-state index contributed by atoms with van der Waals surface area (Å²) in [5.74, 6) is 1.76. The van der Waals surface area contributed by atoms with Crippen LogP contribution in [0.15, 0.2) is 261 Å². The molecule has 0 amide bonds. The minimum atomic E-state index is -0.244. The predicted molar refractivity (Wildman–Crippen MR) is 404 cm³/mol. The lowest BCUT2D eigenvalue weighted by atomic mass is 9.34. The molecule has 0 saturated carbocycles. The highest BCUT2D eigenvalue weighted by molar-refractivity contribution is 6.99. The van der Waals surface area contributed by atoms with Gasteiger partial charge in [0.25, 0.3) is 6.71 Å². The molecule has 0 atom stereocenters. The summed E-state index contributed by atoms with van der Waals surface area (Å²) in [6.45, 7) is 27.7. The first kappa shape index (κ1) is 58.9. The van der Waals surface area contributed by atoms with Crippen LogP contribution in [0, 0.1) is 0 Å². The molecule has 2 aliphatic rings. The van der Waals surface area contributed by atoms with Crippen LogP contribution in [0.2, 0.25) is 0 Å². The third-order valence-electron chi connectivity index (χ3n) is 20.2. The zero-order chi connectivity index (χ0) is 64.7. The van der Waals surface area contributed by atoms with Crippen LogP contribution in [0.1, 0.15) is 105 Å². The fraction of sp³-hybridized carbons (Fsp3) is 0.178. The molecular weight excluding hydrogens is 1140 g/mol. The van der Waals surface area contributed by atoms with Crippen LogP contribution >= 0.6 is 0 Å². The Labute approximate surface area is 555 Å². The van der Waals surface area contributed by atoms with E-state index in [9.17, 15) is 0 Å². The monoisotopic (exact) mass is 1210 g/mol. The van der Waals surface area contributed by atoms with Crippen molar-refractivity contribution in [2.24, 2.45) is 0 Å². The number of rotatable bonds is 7. The second kappa shape index (κ2) is 21.7. The van der Waals surface area contributed by atoms with Crippen molar-refractivity contribution in [1.29, 1.82) is 0 Å². The minimum absolute atomic E-state index is 0.0138. The normalized spacial score (nSPS) is 13.1. The van der Waals surface area contributed by atoms with E-state index < -0.39 is 0 Å². The van der Waals surface area contributed by atoms with Gasteiger partial charge in [-0.15, -0.1) is 0 Å². The van der Waals surface area contributed by atoms with Gasteiger partial charge >= 0.3 is 0 Å². The second-order valence-corrected chi connectivity index (χ2v) is 30.5. The van der Waals surface area contributed by atoms with E-state index in [4.69, 9.17) is 4.74 Å². The predicted octanol–water partition coefficient (Wildman–Crippen LogP) is 23.0. The van der Waals surface area contributed by atoms with Gasteiger partial charge in [-0.1, -0.05) is 271 Å². The Morgan fingerprint density at radius 3 is 1.27 bits per heavy atom. The van der Waals surface area contributed by atoms with Crippen molar-refractivity contribution in [2.45, 2.75) is 105 Å². The van der Waals surface area contributed by atoms with E-state index in [1.165, 1.54) is 110 Å². The summed E-state index contributed by atoms with van der Waals surface area (Å²) in [7, 11) is 0. The number of aromatic nitrogens is 1. The van der Waals surface area contributed by atoms with E-state index in [-0.39, 0.29) is 28.4 Å². The highest BCUT2D eigenvalue weighted by Crippen LogP contribution is 2.53. The molecule has 458 valence electrons. The van der Waals surface area contributed by atoms with Gasteiger partial charge in [0, 0.05) is 45.0 Å². The lowest BCUT2D eigenvalue weighted by molar-refractivity contribution is 0.483. The number of hydrogen-bond acceptors (Lipinski definition) is 2. The molecule has 4 heteroatoms. The number of nitrogens with zero attached hydrogens (tertiary/aromatic N) is 2. The third kappa shape index (κ3) is 9.78. The van der Waals surface area contributed by atoms with Gasteiger partial charge in [0.1, 0.15) is 11.5 Å². The number of ether oxygens (including phenoxy) is 1. The van der Waals surface area contributed by atoms with E-state index in [1.807, 2.05) is 0 Å². The van der Waals surface area contributed by atoms with Gasteiger partial charge in [0.2, 0.25) is 0 Å². The van der Waals surface area contributed by atoms with Crippen molar-refractivity contribution in [2.75, 3.05) is 4.90 Å². The Morgan fingerprint density at radius 2 is 0.745 bits per heavy atom. The van der Waals surface area contributed by atoms with Crippen molar-refractivity contribution in [3.8, 4) is 72.8 Å². The second-order valence-electron chi connectivity index (χ2n) is 30.5. The topological polar surface area (TPSA) is 17.4 Å². The zero-order valence-electron chi connectivity index (χ0n) is 56.2. The lowest BCUT2D eigenvalue weighted by Crippen LogP contribution is -2.59. The van der Waals surface area contributed by atoms with Crippen LogP contribution in [0.5, 0.6) is 11.5 Å². The largest absolute Gasteiger partial charge is 0.458 e. The molecule has 0 spiro atoms. The fourth-order valence-corrected chi connectivity index (χ4v) is 15.1. The van der Waals surface area contributed by atoms with Crippen LogP contribution in [-0.2, 0) is 21.7 Å². The van der Waals surface area contributed by atoms with Gasteiger partial charge in [-0.3, -0.25) is 0 Å². The summed E-state index contributed by atoms with van der Waals surface area (Å²) < 4.78 is 10.1. The Balaban J connectivity index is 0.989. The van der Waals surface area contributed by atoms with Gasteiger partial charge in [0.05, 0.1) is 16.7 Å². The Morgan fingerprint density at radius 1 is 0.298 bits per heavy atom. The molecule has 0 saturated heterocycles.